The highest BCUT2D eigenvalue weighted by atomic mass is 35.5. The second-order valence-electron chi connectivity index (χ2n) is 6.58. The molecule has 1 aromatic carbocycles. The number of hydrogen-bond donors (Lipinski definition) is 0. The van der Waals surface area contributed by atoms with Gasteiger partial charge in [0.1, 0.15) is 17.8 Å². The molecule has 0 bridgehead atoms. The van der Waals surface area contributed by atoms with Crippen molar-refractivity contribution in [3.8, 4) is 17.0 Å². The first kappa shape index (κ1) is 18.5. The van der Waals surface area contributed by atoms with Gasteiger partial charge >= 0.3 is 0 Å². The highest BCUT2D eigenvalue weighted by Gasteiger charge is 2.26. The maximum Gasteiger partial charge on any atom is 0.222 e. The molecule has 1 unspecified atom stereocenters. The van der Waals surface area contributed by atoms with E-state index in [9.17, 15) is 0 Å². The summed E-state index contributed by atoms with van der Waals surface area (Å²) in [7, 11) is 1.81. The van der Waals surface area contributed by atoms with Gasteiger partial charge in [-0.15, -0.1) is 0 Å². The number of pyridine rings is 1. The largest absolute Gasteiger partial charge is 0.478 e. The topological polar surface area (TPSA) is 61.5 Å². The van der Waals surface area contributed by atoms with Crippen LogP contribution in [0.4, 0.5) is 0 Å². The van der Waals surface area contributed by atoms with Crippen molar-refractivity contribution in [2.75, 3.05) is 13.2 Å². The van der Waals surface area contributed by atoms with Crippen LogP contribution in [0.1, 0.15) is 29.8 Å². The molecule has 0 radical (unpaired) electrons. The van der Waals surface area contributed by atoms with Gasteiger partial charge in [-0.2, -0.15) is 5.10 Å². The van der Waals surface area contributed by atoms with E-state index in [-0.39, 0.29) is 6.04 Å². The Labute approximate surface area is 168 Å². The highest BCUT2D eigenvalue weighted by Crippen LogP contribution is 2.30. The fourth-order valence-electron chi connectivity index (χ4n) is 3.24. The molecule has 0 aliphatic carbocycles. The van der Waals surface area contributed by atoms with Gasteiger partial charge in [-0.3, -0.25) is 4.68 Å². The Hall–Kier alpha value is -2.86. The minimum atomic E-state index is -0.0572. The fourth-order valence-corrected chi connectivity index (χ4v) is 3.49. The maximum absolute atomic E-state index is 6.33. The Morgan fingerprint density at radius 1 is 1.18 bits per heavy atom. The third-order valence-corrected chi connectivity index (χ3v) is 5.11. The van der Waals surface area contributed by atoms with Crippen LogP contribution in [0.15, 0.2) is 47.6 Å². The van der Waals surface area contributed by atoms with Gasteiger partial charge in [0.2, 0.25) is 11.8 Å². The maximum atomic E-state index is 6.33. The number of aryl methyl sites for hydroxylation is 2. The molecule has 3 heterocycles. The van der Waals surface area contributed by atoms with Crippen molar-refractivity contribution in [3.63, 3.8) is 0 Å². The molecule has 4 rings (SSSR count). The third kappa shape index (κ3) is 3.47. The molecule has 6 nitrogen and oxygen atoms in total. The van der Waals surface area contributed by atoms with E-state index in [0.717, 1.165) is 27.9 Å². The van der Waals surface area contributed by atoms with Gasteiger partial charge in [0, 0.05) is 24.9 Å². The standard InChI is InChI=1S/C21H21ClN4O2/c1-4-27-18-10-9-16(11-23-18)14-5-7-15(8-6-14)17-12-28-21(24-17)19-13(2)25-26(3)20(19)22/h5-11,17H,4,12H2,1-3H3. The monoisotopic (exact) mass is 396 g/mol. The van der Waals surface area contributed by atoms with Crippen molar-refractivity contribution < 1.29 is 9.47 Å². The summed E-state index contributed by atoms with van der Waals surface area (Å²) in [6.45, 7) is 4.94. The molecule has 1 atom stereocenters. The number of hydrogen-bond acceptors (Lipinski definition) is 5. The summed E-state index contributed by atoms with van der Waals surface area (Å²) in [4.78, 5) is 9.05. The lowest BCUT2D eigenvalue weighted by molar-refractivity contribution is 0.319. The zero-order valence-corrected chi connectivity index (χ0v) is 16.8. The summed E-state index contributed by atoms with van der Waals surface area (Å²) in [6, 6.07) is 12.1. The van der Waals surface area contributed by atoms with Crippen LogP contribution in [-0.4, -0.2) is 33.9 Å². The number of nitrogens with zero attached hydrogens (tertiary/aromatic N) is 4. The quantitative estimate of drug-likeness (QED) is 0.642. The normalized spacial score (nSPS) is 16.0. The molecule has 1 aliphatic rings. The molecule has 1 aliphatic heterocycles. The number of rotatable bonds is 5. The Bertz CT molecular complexity index is 1010. The second-order valence-corrected chi connectivity index (χ2v) is 6.93. The number of benzene rings is 1. The molecule has 3 aromatic rings. The first-order valence-electron chi connectivity index (χ1n) is 9.16. The lowest BCUT2D eigenvalue weighted by Gasteiger charge is -2.08. The van der Waals surface area contributed by atoms with Crippen LogP contribution in [0.5, 0.6) is 5.88 Å². The van der Waals surface area contributed by atoms with Crippen molar-refractivity contribution in [1.82, 2.24) is 14.8 Å². The first-order valence-corrected chi connectivity index (χ1v) is 9.54. The minimum absolute atomic E-state index is 0.0572. The van der Waals surface area contributed by atoms with Crippen LogP contribution in [0.2, 0.25) is 5.15 Å². The zero-order chi connectivity index (χ0) is 19.7. The van der Waals surface area contributed by atoms with Crippen molar-refractivity contribution in [1.29, 1.82) is 0 Å². The van der Waals surface area contributed by atoms with E-state index in [4.69, 9.17) is 26.1 Å². The molecule has 2 aromatic heterocycles. The average Bonchev–Trinajstić information content (AvgIpc) is 3.27. The lowest BCUT2D eigenvalue weighted by atomic mass is 10.0. The molecule has 0 amide bonds. The number of ether oxygens (including phenoxy) is 2. The summed E-state index contributed by atoms with van der Waals surface area (Å²) in [6.07, 6.45) is 1.82. The lowest BCUT2D eigenvalue weighted by Crippen LogP contribution is -2.03. The van der Waals surface area contributed by atoms with Gasteiger partial charge < -0.3 is 9.47 Å². The number of aliphatic imine (C=N–C) groups is 1. The van der Waals surface area contributed by atoms with E-state index in [2.05, 4.69) is 34.3 Å². The molecule has 0 spiro atoms. The van der Waals surface area contributed by atoms with Gasteiger partial charge in [-0.1, -0.05) is 35.9 Å². The van der Waals surface area contributed by atoms with Gasteiger partial charge in [-0.25, -0.2) is 9.98 Å². The average molecular weight is 397 g/mol. The van der Waals surface area contributed by atoms with E-state index in [1.165, 1.54) is 0 Å². The zero-order valence-electron chi connectivity index (χ0n) is 16.0. The molecular formula is C21H21ClN4O2. The molecule has 144 valence electrons. The van der Waals surface area contributed by atoms with E-state index < -0.39 is 0 Å². The van der Waals surface area contributed by atoms with Gasteiger partial charge in [0.25, 0.3) is 0 Å². The van der Waals surface area contributed by atoms with E-state index >= 15 is 0 Å². The molecule has 0 saturated carbocycles. The number of halogens is 1. The number of aromatic nitrogens is 3. The van der Waals surface area contributed by atoms with Crippen molar-refractivity contribution in [3.05, 3.63) is 64.6 Å². The Kier molecular flexibility index (Phi) is 5.05. The molecule has 28 heavy (non-hydrogen) atoms. The summed E-state index contributed by atoms with van der Waals surface area (Å²) in [5, 5.41) is 4.86. The molecule has 0 saturated heterocycles. The summed E-state index contributed by atoms with van der Waals surface area (Å²) >= 11 is 6.33. The predicted molar refractivity (Wildman–Crippen MR) is 109 cm³/mol. The summed E-state index contributed by atoms with van der Waals surface area (Å²) < 4.78 is 12.8. The van der Waals surface area contributed by atoms with Crippen LogP contribution < -0.4 is 4.74 Å². The highest BCUT2D eigenvalue weighted by molar-refractivity contribution is 6.33. The smallest absolute Gasteiger partial charge is 0.222 e. The SMILES string of the molecule is CCOc1ccc(-c2ccc(C3COC(c4c(C)nn(C)c4Cl)=N3)cc2)cn1. The van der Waals surface area contributed by atoms with Gasteiger partial charge in [0.15, 0.2) is 0 Å². The van der Waals surface area contributed by atoms with Gasteiger partial charge in [0.05, 0.1) is 17.9 Å². The van der Waals surface area contributed by atoms with Crippen molar-refractivity contribution in [2.45, 2.75) is 19.9 Å². The van der Waals surface area contributed by atoms with Crippen LogP contribution in [0.3, 0.4) is 0 Å². The predicted octanol–water partition coefficient (Wildman–Crippen LogP) is 4.36. The van der Waals surface area contributed by atoms with E-state index in [1.54, 1.807) is 11.7 Å². The Morgan fingerprint density at radius 2 is 1.93 bits per heavy atom. The summed E-state index contributed by atoms with van der Waals surface area (Å²) in [5.41, 5.74) is 4.80. The van der Waals surface area contributed by atoms with Crippen LogP contribution in [-0.2, 0) is 11.8 Å². The van der Waals surface area contributed by atoms with Crippen LogP contribution in [0, 0.1) is 6.92 Å². The van der Waals surface area contributed by atoms with Crippen LogP contribution in [0.25, 0.3) is 11.1 Å². The van der Waals surface area contributed by atoms with Crippen molar-refractivity contribution in [2.24, 2.45) is 12.0 Å². The first-order chi connectivity index (χ1) is 13.6. The Morgan fingerprint density at radius 3 is 2.54 bits per heavy atom. The van der Waals surface area contributed by atoms with Gasteiger partial charge in [-0.05, 0) is 31.0 Å². The molecular weight excluding hydrogens is 376 g/mol. The molecule has 0 N–H and O–H groups in total. The molecule has 0 fully saturated rings. The molecule has 7 heteroatoms. The van der Waals surface area contributed by atoms with E-state index in [1.807, 2.05) is 32.2 Å². The minimum Gasteiger partial charge on any atom is -0.478 e. The third-order valence-electron chi connectivity index (χ3n) is 4.67. The Balaban J connectivity index is 1.53. The fraction of sp³-hybridized carbons (Fsp3) is 0.286. The van der Waals surface area contributed by atoms with Crippen LogP contribution >= 0.6 is 11.6 Å². The van der Waals surface area contributed by atoms with E-state index in [0.29, 0.717) is 30.1 Å². The second kappa shape index (κ2) is 7.64. The summed E-state index contributed by atoms with van der Waals surface area (Å²) in [5.74, 6) is 1.19. The van der Waals surface area contributed by atoms with Crippen molar-refractivity contribution >= 4 is 17.5 Å².